The third-order valence-corrected chi connectivity index (χ3v) is 10.5. The molecule has 0 bridgehead atoms. The number of hydrogen-bond donors (Lipinski definition) is 2. The molecule has 0 saturated carbocycles. The number of likely N-dealkylation sites (tertiary alicyclic amines) is 1. The van der Waals surface area contributed by atoms with Crippen LogP contribution >= 0.6 is 0 Å². The van der Waals surface area contributed by atoms with Crippen molar-refractivity contribution >= 4 is 28.7 Å². The molecule has 1 aromatic carbocycles. The molecule has 14 heteroatoms. The number of piperazine rings is 1. The Bertz CT molecular complexity index is 2060. The van der Waals surface area contributed by atoms with Crippen LogP contribution in [0.2, 0.25) is 0 Å². The normalized spacial score (nSPS) is 18.0. The molecular formula is C38H45N11O3. The van der Waals surface area contributed by atoms with Gasteiger partial charge in [-0.15, -0.1) is 5.10 Å². The summed E-state index contributed by atoms with van der Waals surface area (Å²) in [5.74, 6) is 3.72. The number of anilines is 2. The lowest BCUT2D eigenvalue weighted by Gasteiger charge is -2.42. The number of fused-ring (bicyclic) bond motifs is 2. The largest absolute Gasteiger partial charge is 0.493 e. The van der Waals surface area contributed by atoms with E-state index in [9.17, 15) is 4.79 Å². The number of hydrogen-bond acceptors (Lipinski definition) is 11. The molecule has 0 unspecified atom stereocenters. The monoisotopic (exact) mass is 703 g/mol. The minimum Gasteiger partial charge on any atom is -0.493 e. The van der Waals surface area contributed by atoms with Crippen molar-refractivity contribution in [1.82, 2.24) is 44.4 Å². The van der Waals surface area contributed by atoms with E-state index in [4.69, 9.17) is 30.3 Å². The van der Waals surface area contributed by atoms with Crippen LogP contribution in [0.1, 0.15) is 18.4 Å². The average Bonchev–Trinajstić information content (AvgIpc) is 3.93. The summed E-state index contributed by atoms with van der Waals surface area (Å²) in [4.78, 5) is 32.2. The van der Waals surface area contributed by atoms with Crippen molar-refractivity contribution in [3.63, 3.8) is 0 Å². The van der Waals surface area contributed by atoms with Gasteiger partial charge in [0.05, 0.1) is 37.1 Å². The fourth-order valence-corrected chi connectivity index (χ4v) is 7.28. The Morgan fingerprint density at radius 2 is 1.83 bits per heavy atom. The van der Waals surface area contributed by atoms with E-state index in [1.54, 1.807) is 6.20 Å². The van der Waals surface area contributed by atoms with Gasteiger partial charge >= 0.3 is 0 Å². The van der Waals surface area contributed by atoms with Gasteiger partial charge in [0.2, 0.25) is 5.91 Å². The average molecular weight is 704 g/mol. The van der Waals surface area contributed by atoms with Gasteiger partial charge in [-0.25, -0.2) is 19.6 Å². The maximum Gasteiger partial charge on any atom is 0.245 e. The molecule has 4 aliphatic heterocycles. The smallest absolute Gasteiger partial charge is 0.245 e. The highest BCUT2D eigenvalue weighted by atomic mass is 16.5. The second-order valence-corrected chi connectivity index (χ2v) is 13.5. The summed E-state index contributed by atoms with van der Waals surface area (Å²) in [6.45, 7) is 11.5. The summed E-state index contributed by atoms with van der Waals surface area (Å²) >= 11 is 0. The van der Waals surface area contributed by atoms with Crippen LogP contribution in [0.25, 0.3) is 34.1 Å². The van der Waals surface area contributed by atoms with Crippen LogP contribution in [-0.2, 0) is 16.0 Å². The number of piperidine rings is 1. The minimum atomic E-state index is 0.0598. The molecule has 270 valence electrons. The number of carbonyl (C=O) groups is 1. The number of aromatic nitrogens is 6. The molecule has 8 heterocycles. The molecule has 3 N–H and O–H groups in total. The summed E-state index contributed by atoms with van der Waals surface area (Å²) < 4.78 is 15.1. The van der Waals surface area contributed by atoms with Gasteiger partial charge in [-0.2, -0.15) is 0 Å². The van der Waals surface area contributed by atoms with E-state index in [0.29, 0.717) is 41.8 Å². The first-order chi connectivity index (χ1) is 25.5. The van der Waals surface area contributed by atoms with Crippen molar-refractivity contribution in [2.45, 2.75) is 31.3 Å². The Balaban J connectivity index is 0.000000276. The number of amides is 1. The van der Waals surface area contributed by atoms with E-state index in [1.807, 2.05) is 51.7 Å². The van der Waals surface area contributed by atoms with Crippen LogP contribution < -0.4 is 20.7 Å². The van der Waals surface area contributed by atoms with Crippen LogP contribution in [0.4, 0.5) is 11.6 Å². The molecule has 5 aromatic rings. The number of nitrogens with two attached hydrogens (primary N) is 1. The molecule has 14 nitrogen and oxygen atoms in total. The third-order valence-electron chi connectivity index (χ3n) is 10.5. The Morgan fingerprint density at radius 1 is 1.00 bits per heavy atom. The Hall–Kier alpha value is -5.31. The van der Waals surface area contributed by atoms with Gasteiger partial charge < -0.3 is 30.3 Å². The van der Waals surface area contributed by atoms with Crippen molar-refractivity contribution in [2.24, 2.45) is 0 Å². The second kappa shape index (κ2) is 14.7. The summed E-state index contributed by atoms with van der Waals surface area (Å²) in [6.07, 6.45) is 8.06. The standard InChI is InChI=1S/C29H29N9O2.C9H16N2O/c30-27-22(2-1-9-31-27)28-32-23-5-6-25(33-29(23)38(28)20-4-3-19-8-15-40-24(19)16-20)37-10-7-26(34-37)36-13-11-35(12-14-36)21-17-39-18-21;1-3-9(12)11-6-4-8(10-2)5-7-11/h1-7,9-10,16,21H,8,11-15,17-18H2,(H2,30,31);3,8,10H,1,4-7H2,2H3. The maximum atomic E-state index is 11.1. The lowest BCUT2D eigenvalue weighted by molar-refractivity contribution is -0.127. The van der Waals surface area contributed by atoms with E-state index < -0.39 is 0 Å². The van der Waals surface area contributed by atoms with Crippen LogP contribution in [0.3, 0.4) is 0 Å². The number of benzene rings is 1. The van der Waals surface area contributed by atoms with Gasteiger partial charge in [-0.1, -0.05) is 12.6 Å². The molecule has 52 heavy (non-hydrogen) atoms. The van der Waals surface area contributed by atoms with E-state index in [0.717, 1.165) is 100 Å². The van der Waals surface area contributed by atoms with E-state index in [-0.39, 0.29) is 5.91 Å². The minimum absolute atomic E-state index is 0.0598. The number of nitrogens with one attached hydrogen (secondary N) is 1. The van der Waals surface area contributed by atoms with Crippen molar-refractivity contribution in [2.75, 3.05) is 76.8 Å². The molecule has 3 fully saturated rings. The highest BCUT2D eigenvalue weighted by Gasteiger charge is 2.29. The van der Waals surface area contributed by atoms with Gasteiger partial charge in [0.1, 0.15) is 17.1 Å². The number of carbonyl (C=O) groups excluding carboxylic acids is 1. The van der Waals surface area contributed by atoms with Crippen LogP contribution in [0.15, 0.2) is 73.6 Å². The van der Waals surface area contributed by atoms with Crippen molar-refractivity contribution in [3.8, 4) is 28.6 Å². The molecule has 0 spiro atoms. The third kappa shape index (κ3) is 6.72. The number of pyridine rings is 2. The Kier molecular flexibility index (Phi) is 9.58. The number of nitrogens with zero attached hydrogens (tertiary/aromatic N) is 9. The Morgan fingerprint density at radius 3 is 2.56 bits per heavy atom. The highest BCUT2D eigenvalue weighted by Crippen LogP contribution is 2.34. The van der Waals surface area contributed by atoms with Gasteiger partial charge in [-0.3, -0.25) is 14.3 Å². The zero-order valence-corrected chi connectivity index (χ0v) is 29.5. The Labute approximate surface area is 302 Å². The van der Waals surface area contributed by atoms with Crippen LogP contribution in [0, 0.1) is 0 Å². The van der Waals surface area contributed by atoms with Gasteiger partial charge in [0.25, 0.3) is 0 Å². The van der Waals surface area contributed by atoms with Crippen molar-refractivity contribution in [1.29, 1.82) is 0 Å². The predicted molar refractivity (Wildman–Crippen MR) is 200 cm³/mol. The lowest BCUT2D eigenvalue weighted by atomic mass is 10.1. The van der Waals surface area contributed by atoms with E-state index >= 15 is 0 Å². The molecular weight excluding hydrogens is 658 g/mol. The van der Waals surface area contributed by atoms with Crippen molar-refractivity contribution < 1.29 is 14.3 Å². The quantitative estimate of drug-likeness (QED) is 0.241. The van der Waals surface area contributed by atoms with Gasteiger partial charge in [0.15, 0.2) is 23.1 Å². The number of nitrogen functional groups attached to an aromatic ring is 1. The summed E-state index contributed by atoms with van der Waals surface area (Å²) in [5.41, 5.74) is 10.6. The first kappa shape index (κ1) is 33.8. The molecule has 1 amide bonds. The molecule has 9 rings (SSSR count). The molecule has 4 aliphatic rings. The number of ether oxygens (including phenoxy) is 2. The fraction of sp³-hybridized carbons (Fsp3) is 0.395. The first-order valence-corrected chi connectivity index (χ1v) is 18.1. The SMILES string of the molecule is C=CC(=O)N1CCC(NC)CC1.Nc1ncccc1-c1nc2ccc(-n3ccc(N4CCN(C5COC5)CC4)n3)nc2n1-c1ccc2c(c1)OCC2. The zero-order chi connectivity index (χ0) is 35.6. The van der Waals surface area contributed by atoms with Crippen LogP contribution in [-0.4, -0.2) is 123 Å². The predicted octanol–water partition coefficient (Wildman–Crippen LogP) is 3.09. The molecule has 0 aliphatic carbocycles. The molecule has 0 radical (unpaired) electrons. The van der Waals surface area contributed by atoms with Gasteiger partial charge in [-0.05, 0) is 61.9 Å². The number of imidazole rings is 1. The summed E-state index contributed by atoms with van der Waals surface area (Å²) in [5, 5.41) is 8.12. The van der Waals surface area contributed by atoms with Gasteiger partial charge in [0, 0.05) is 76.3 Å². The molecule has 3 saturated heterocycles. The first-order valence-electron chi connectivity index (χ1n) is 18.1. The molecule has 4 aromatic heterocycles. The van der Waals surface area contributed by atoms with E-state index in [2.05, 4.69) is 50.9 Å². The molecule has 0 atom stereocenters. The second-order valence-electron chi connectivity index (χ2n) is 13.5. The highest BCUT2D eigenvalue weighted by molar-refractivity contribution is 5.87. The van der Waals surface area contributed by atoms with Crippen molar-refractivity contribution in [3.05, 3.63) is 79.1 Å². The fourth-order valence-electron chi connectivity index (χ4n) is 7.28. The maximum absolute atomic E-state index is 11.1. The number of rotatable bonds is 7. The summed E-state index contributed by atoms with van der Waals surface area (Å²) in [7, 11) is 1.97. The topological polar surface area (TPSA) is 145 Å². The lowest BCUT2D eigenvalue weighted by Crippen LogP contribution is -2.56. The van der Waals surface area contributed by atoms with Crippen LogP contribution in [0.5, 0.6) is 5.75 Å². The zero-order valence-electron chi connectivity index (χ0n) is 29.5. The summed E-state index contributed by atoms with van der Waals surface area (Å²) in [6, 6.07) is 17.2. The van der Waals surface area contributed by atoms with E-state index in [1.165, 1.54) is 11.6 Å².